The van der Waals surface area contributed by atoms with E-state index in [1.807, 2.05) is 11.0 Å². The van der Waals surface area contributed by atoms with Gasteiger partial charge >= 0.3 is 5.69 Å². The Morgan fingerprint density at radius 2 is 1.70 bits per heavy atom. The Kier molecular flexibility index (Phi) is 8.32. The molecule has 10 nitrogen and oxygen atoms in total. The number of rotatable bonds is 7. The fourth-order valence-corrected chi connectivity index (χ4v) is 7.77. The molecular formula is C31H34ClN5O5S. The lowest BCUT2D eigenvalue weighted by atomic mass is 10.00. The molecule has 2 aliphatic heterocycles. The van der Waals surface area contributed by atoms with Gasteiger partial charge in [-0.15, -0.1) is 0 Å². The fourth-order valence-electron chi connectivity index (χ4n) is 6.21. The second-order valence-corrected chi connectivity index (χ2v) is 13.1. The van der Waals surface area contributed by atoms with Crippen molar-refractivity contribution in [1.29, 1.82) is 0 Å². The molecule has 6 rings (SSSR count). The maximum Gasteiger partial charge on any atom is 0.344 e. The highest BCUT2D eigenvalue weighted by Crippen LogP contribution is 2.30. The summed E-state index contributed by atoms with van der Waals surface area (Å²) >= 11 is 6.41. The minimum Gasteiger partial charge on any atom is -0.497 e. The number of nitrogens with one attached hydrogen (secondary N) is 1. The molecule has 2 fully saturated rings. The van der Waals surface area contributed by atoms with Crippen molar-refractivity contribution in [3.05, 3.63) is 93.9 Å². The molecule has 0 bridgehead atoms. The third-order valence-electron chi connectivity index (χ3n) is 8.38. The molecule has 12 heteroatoms. The molecule has 2 aliphatic rings. The second kappa shape index (κ2) is 12.2. The van der Waals surface area contributed by atoms with E-state index in [4.69, 9.17) is 16.3 Å². The molecule has 0 radical (unpaired) electrons. The van der Waals surface area contributed by atoms with Crippen LogP contribution in [0.4, 0.5) is 0 Å². The van der Waals surface area contributed by atoms with E-state index in [2.05, 4.69) is 10.2 Å². The summed E-state index contributed by atoms with van der Waals surface area (Å²) in [5, 5.41) is 3.70. The Morgan fingerprint density at radius 1 is 0.977 bits per heavy atom. The Hall–Kier alpha value is -3.64. The number of imidazole rings is 1. The van der Waals surface area contributed by atoms with Crippen LogP contribution in [0.3, 0.4) is 0 Å². The molecule has 0 saturated carbocycles. The molecule has 2 unspecified atom stereocenters. The van der Waals surface area contributed by atoms with Crippen LogP contribution in [-0.4, -0.2) is 85.1 Å². The van der Waals surface area contributed by atoms with Crippen LogP contribution in [0.5, 0.6) is 5.75 Å². The van der Waals surface area contributed by atoms with Gasteiger partial charge in [-0.1, -0.05) is 41.9 Å². The molecule has 226 valence electrons. The number of carbonyl (C=O) groups is 1. The number of ether oxygens (including phenoxy) is 1. The lowest BCUT2D eigenvalue weighted by Gasteiger charge is -2.42. The topological polar surface area (TPSA) is 106 Å². The summed E-state index contributed by atoms with van der Waals surface area (Å²) < 4.78 is 35.2. The number of piperidine rings is 1. The standard InChI is InChI=1S/C31H34ClN5O5S/c1-42-25-10-12-26(13-11-25)43(40,41)37-27-14-9-23(32)20-28(27)36(31(37)39)29(22-6-3-2-4-7-22)30(38)35-17-5-8-24(21-35)34-18-15-33-16-19-34/h2-4,6-7,9-14,20,24,29,33H,5,8,15-19,21H2,1H3. The minimum atomic E-state index is -4.36. The van der Waals surface area contributed by atoms with Crippen molar-refractivity contribution in [2.45, 2.75) is 29.8 Å². The first-order valence-electron chi connectivity index (χ1n) is 14.4. The molecule has 43 heavy (non-hydrogen) atoms. The summed E-state index contributed by atoms with van der Waals surface area (Å²) in [4.78, 5) is 33.1. The Morgan fingerprint density at radius 3 is 2.40 bits per heavy atom. The van der Waals surface area contributed by atoms with Crippen LogP contribution >= 0.6 is 11.6 Å². The van der Waals surface area contributed by atoms with Crippen molar-refractivity contribution >= 4 is 38.6 Å². The highest BCUT2D eigenvalue weighted by atomic mass is 35.5. The van der Waals surface area contributed by atoms with Gasteiger partial charge in [0, 0.05) is 50.3 Å². The zero-order valence-electron chi connectivity index (χ0n) is 23.9. The summed E-state index contributed by atoms with van der Waals surface area (Å²) in [6.07, 6.45) is 1.84. The zero-order chi connectivity index (χ0) is 30.1. The van der Waals surface area contributed by atoms with Gasteiger partial charge in [-0.2, -0.15) is 3.97 Å². The van der Waals surface area contributed by atoms with Crippen molar-refractivity contribution in [3.8, 4) is 5.75 Å². The second-order valence-electron chi connectivity index (χ2n) is 10.9. The van der Waals surface area contributed by atoms with Gasteiger partial charge in [0.15, 0.2) is 0 Å². The molecule has 2 saturated heterocycles. The van der Waals surface area contributed by atoms with E-state index in [0.29, 0.717) is 29.4 Å². The third-order valence-corrected chi connectivity index (χ3v) is 10.3. The van der Waals surface area contributed by atoms with E-state index in [0.717, 1.165) is 43.0 Å². The fraction of sp³-hybridized carbons (Fsp3) is 0.355. The Labute approximate surface area is 255 Å². The molecule has 1 amide bonds. The van der Waals surface area contributed by atoms with Gasteiger partial charge in [-0.25, -0.2) is 13.2 Å². The molecule has 1 N–H and O–H groups in total. The summed E-state index contributed by atoms with van der Waals surface area (Å²) in [6.45, 7) is 4.77. The molecule has 1 aromatic heterocycles. The van der Waals surface area contributed by atoms with Gasteiger partial charge in [0.2, 0.25) is 0 Å². The number of halogens is 1. The average molecular weight is 624 g/mol. The van der Waals surface area contributed by atoms with Crippen molar-refractivity contribution in [3.63, 3.8) is 0 Å². The molecule has 0 aliphatic carbocycles. The van der Waals surface area contributed by atoms with Gasteiger partial charge in [0.05, 0.1) is 23.0 Å². The number of fused-ring (bicyclic) bond motifs is 1. The van der Waals surface area contributed by atoms with Gasteiger partial charge in [0.25, 0.3) is 15.9 Å². The number of nitrogens with zero attached hydrogens (tertiary/aromatic N) is 4. The van der Waals surface area contributed by atoms with Gasteiger partial charge in [0.1, 0.15) is 11.8 Å². The Bertz CT molecular complexity index is 1780. The van der Waals surface area contributed by atoms with E-state index in [9.17, 15) is 18.0 Å². The van der Waals surface area contributed by atoms with Crippen LogP contribution in [0.15, 0.2) is 82.5 Å². The average Bonchev–Trinajstić information content (AvgIpc) is 3.33. The molecule has 0 spiro atoms. The van der Waals surface area contributed by atoms with Crippen molar-refractivity contribution < 1.29 is 17.9 Å². The predicted molar refractivity (Wildman–Crippen MR) is 165 cm³/mol. The first-order chi connectivity index (χ1) is 20.8. The normalized spacial score (nSPS) is 18.9. The highest BCUT2D eigenvalue weighted by Gasteiger charge is 2.37. The SMILES string of the molecule is COc1ccc(S(=O)(=O)n2c(=O)n(C(C(=O)N3CCCC(N4CCNCC4)C3)c3ccccc3)c3cc(Cl)ccc32)cc1. The largest absolute Gasteiger partial charge is 0.497 e. The predicted octanol–water partition coefficient (Wildman–Crippen LogP) is 3.19. The maximum absolute atomic E-state index is 14.5. The molecule has 3 aromatic carbocycles. The molecule has 3 heterocycles. The van der Waals surface area contributed by atoms with Gasteiger partial charge in [-0.3, -0.25) is 14.3 Å². The highest BCUT2D eigenvalue weighted by molar-refractivity contribution is 7.90. The number of benzene rings is 3. The van der Waals surface area contributed by atoms with Crippen molar-refractivity contribution in [1.82, 2.24) is 23.7 Å². The van der Waals surface area contributed by atoms with E-state index in [1.165, 1.54) is 48.1 Å². The lowest BCUT2D eigenvalue weighted by molar-refractivity contribution is -0.135. The number of hydrogen-bond acceptors (Lipinski definition) is 7. The lowest BCUT2D eigenvalue weighted by Crippen LogP contribution is -2.56. The summed E-state index contributed by atoms with van der Waals surface area (Å²) in [5.74, 6) is 0.227. The Balaban J connectivity index is 1.49. The van der Waals surface area contributed by atoms with E-state index in [1.54, 1.807) is 30.3 Å². The van der Waals surface area contributed by atoms with Crippen LogP contribution in [0, 0.1) is 0 Å². The summed E-state index contributed by atoms with van der Waals surface area (Å²) in [5.41, 5.74) is 0.134. The number of carbonyl (C=O) groups excluding carboxylic acids is 1. The van der Waals surface area contributed by atoms with Crippen molar-refractivity contribution in [2.24, 2.45) is 0 Å². The first kappa shape index (κ1) is 29.4. The van der Waals surface area contributed by atoms with Crippen LogP contribution in [0.25, 0.3) is 11.0 Å². The van der Waals surface area contributed by atoms with E-state index >= 15 is 0 Å². The maximum atomic E-state index is 14.5. The molecular weight excluding hydrogens is 590 g/mol. The first-order valence-corrected chi connectivity index (χ1v) is 16.2. The van der Waals surface area contributed by atoms with Crippen LogP contribution < -0.4 is 15.7 Å². The number of likely N-dealkylation sites (tertiary alicyclic amines) is 1. The quantitative estimate of drug-likeness (QED) is 0.337. The van der Waals surface area contributed by atoms with Crippen molar-refractivity contribution in [2.75, 3.05) is 46.4 Å². The number of piperazine rings is 1. The zero-order valence-corrected chi connectivity index (χ0v) is 25.4. The smallest absolute Gasteiger partial charge is 0.344 e. The number of aromatic nitrogens is 2. The monoisotopic (exact) mass is 623 g/mol. The van der Waals surface area contributed by atoms with Crippen LogP contribution in [-0.2, 0) is 14.8 Å². The number of hydrogen-bond donors (Lipinski definition) is 1. The van der Waals surface area contributed by atoms with Crippen LogP contribution in [0.2, 0.25) is 5.02 Å². The molecule has 2 atom stereocenters. The van der Waals surface area contributed by atoms with E-state index in [-0.39, 0.29) is 27.9 Å². The van der Waals surface area contributed by atoms with Crippen LogP contribution in [0.1, 0.15) is 24.4 Å². The summed E-state index contributed by atoms with van der Waals surface area (Å²) in [7, 11) is -2.87. The number of amides is 1. The third kappa shape index (κ3) is 5.58. The van der Waals surface area contributed by atoms with E-state index < -0.39 is 21.8 Å². The molecule has 4 aromatic rings. The van der Waals surface area contributed by atoms with Gasteiger partial charge in [-0.05, 0) is 60.9 Å². The minimum absolute atomic E-state index is 0.0816. The summed E-state index contributed by atoms with van der Waals surface area (Å²) in [6, 6.07) is 18.6. The van der Waals surface area contributed by atoms with Gasteiger partial charge < -0.3 is 15.0 Å². The number of methoxy groups -OCH3 is 1.